The van der Waals surface area contributed by atoms with E-state index in [9.17, 15) is 0 Å². The van der Waals surface area contributed by atoms with Crippen LogP contribution in [0.25, 0.3) is 0 Å². The lowest BCUT2D eigenvalue weighted by atomic mass is 9.98. The van der Waals surface area contributed by atoms with Crippen molar-refractivity contribution in [1.82, 2.24) is 5.32 Å². The number of rotatable bonds is 1. The van der Waals surface area contributed by atoms with Crippen LogP contribution in [0.3, 0.4) is 0 Å². The molecule has 2 aromatic rings. The van der Waals surface area contributed by atoms with E-state index in [0.29, 0.717) is 0 Å². The van der Waals surface area contributed by atoms with Crippen molar-refractivity contribution >= 4 is 5.69 Å². The average Bonchev–Trinajstić information content (AvgIpc) is 2.53. The molecule has 0 unspecified atom stereocenters. The summed E-state index contributed by atoms with van der Waals surface area (Å²) in [6.07, 6.45) is 0.964. The van der Waals surface area contributed by atoms with Gasteiger partial charge in [-0.2, -0.15) is 0 Å². The summed E-state index contributed by atoms with van der Waals surface area (Å²) in [7, 11) is 0. The molecule has 2 aromatic carbocycles. The van der Waals surface area contributed by atoms with Crippen LogP contribution in [-0.4, -0.2) is 26.2 Å². The molecule has 3 nitrogen and oxygen atoms in total. The van der Waals surface area contributed by atoms with Gasteiger partial charge in [-0.25, -0.2) is 0 Å². The van der Waals surface area contributed by atoms with Crippen LogP contribution in [0, 0.1) is 0 Å². The second kappa shape index (κ2) is 4.84. The van der Waals surface area contributed by atoms with Crippen LogP contribution < -0.4 is 15.0 Å². The predicted molar refractivity (Wildman–Crippen MR) is 80.8 cm³/mol. The molecule has 1 fully saturated rings. The lowest BCUT2D eigenvalue weighted by molar-refractivity contribution is 0.459. The first-order valence-electron chi connectivity index (χ1n) is 7.25. The van der Waals surface area contributed by atoms with Gasteiger partial charge in [0, 0.05) is 43.9 Å². The number of anilines is 1. The lowest BCUT2D eigenvalue weighted by Gasteiger charge is -2.33. The second-order valence-corrected chi connectivity index (χ2v) is 5.38. The predicted octanol–water partition coefficient (Wildman–Crippen LogP) is 2.79. The topological polar surface area (TPSA) is 24.5 Å². The molecule has 0 aliphatic carbocycles. The summed E-state index contributed by atoms with van der Waals surface area (Å²) in [5.41, 5.74) is 3.94. The molecule has 2 aliphatic heterocycles. The van der Waals surface area contributed by atoms with E-state index in [2.05, 4.69) is 46.6 Å². The highest BCUT2D eigenvalue weighted by Gasteiger charge is 2.22. The maximum absolute atomic E-state index is 6.07. The first kappa shape index (κ1) is 11.8. The molecule has 3 heteroatoms. The van der Waals surface area contributed by atoms with Gasteiger partial charge in [0.15, 0.2) is 0 Å². The highest BCUT2D eigenvalue weighted by atomic mass is 16.5. The monoisotopic (exact) mass is 266 g/mol. The summed E-state index contributed by atoms with van der Waals surface area (Å²) in [6.45, 7) is 4.25. The second-order valence-electron chi connectivity index (χ2n) is 5.38. The summed E-state index contributed by atoms with van der Waals surface area (Å²) in [5, 5.41) is 3.41. The van der Waals surface area contributed by atoms with E-state index in [1.54, 1.807) is 0 Å². The van der Waals surface area contributed by atoms with E-state index >= 15 is 0 Å². The molecule has 2 heterocycles. The zero-order valence-corrected chi connectivity index (χ0v) is 11.4. The largest absolute Gasteiger partial charge is 0.457 e. The molecule has 0 radical (unpaired) electrons. The zero-order chi connectivity index (χ0) is 13.4. The van der Waals surface area contributed by atoms with Crippen molar-refractivity contribution in [2.24, 2.45) is 0 Å². The number of nitrogens with one attached hydrogen (secondary N) is 1. The first-order chi connectivity index (χ1) is 9.92. The molecule has 20 heavy (non-hydrogen) atoms. The van der Waals surface area contributed by atoms with Gasteiger partial charge in [-0.15, -0.1) is 0 Å². The maximum Gasteiger partial charge on any atom is 0.133 e. The van der Waals surface area contributed by atoms with Gasteiger partial charge in [0.2, 0.25) is 0 Å². The number of nitrogens with zero attached hydrogens (tertiary/aromatic N) is 1. The van der Waals surface area contributed by atoms with Gasteiger partial charge in [-0.05, 0) is 23.8 Å². The van der Waals surface area contributed by atoms with Crippen molar-refractivity contribution in [3.05, 3.63) is 53.6 Å². The number of hydrogen-bond acceptors (Lipinski definition) is 3. The summed E-state index contributed by atoms with van der Waals surface area (Å²) in [4.78, 5) is 2.46. The number of hydrogen-bond donors (Lipinski definition) is 1. The number of ether oxygens (including phenoxy) is 1. The molecule has 0 atom stereocenters. The van der Waals surface area contributed by atoms with Crippen molar-refractivity contribution < 1.29 is 4.74 Å². The van der Waals surface area contributed by atoms with E-state index in [-0.39, 0.29) is 0 Å². The minimum absolute atomic E-state index is 0.964. The third-order valence-electron chi connectivity index (χ3n) is 4.13. The summed E-state index contributed by atoms with van der Waals surface area (Å²) in [6, 6.07) is 14.7. The summed E-state index contributed by atoms with van der Waals surface area (Å²) >= 11 is 0. The van der Waals surface area contributed by atoms with Gasteiger partial charge in [0.1, 0.15) is 11.5 Å². The molecule has 0 amide bonds. The first-order valence-corrected chi connectivity index (χ1v) is 7.25. The molecule has 0 saturated carbocycles. The molecule has 102 valence electrons. The maximum atomic E-state index is 6.07. The Morgan fingerprint density at radius 3 is 2.60 bits per heavy atom. The molecule has 2 aliphatic rings. The van der Waals surface area contributed by atoms with Crippen molar-refractivity contribution in [2.75, 3.05) is 31.1 Å². The normalized spacial score (nSPS) is 17.1. The van der Waals surface area contributed by atoms with Crippen LogP contribution in [0.1, 0.15) is 11.1 Å². The van der Waals surface area contributed by atoms with Gasteiger partial charge < -0.3 is 15.0 Å². The van der Waals surface area contributed by atoms with Crippen molar-refractivity contribution in [2.45, 2.75) is 6.42 Å². The van der Waals surface area contributed by atoms with E-state index in [1.807, 2.05) is 6.07 Å². The zero-order valence-electron chi connectivity index (χ0n) is 11.4. The third-order valence-corrected chi connectivity index (χ3v) is 4.13. The molecular weight excluding hydrogens is 248 g/mol. The van der Waals surface area contributed by atoms with Crippen molar-refractivity contribution in [3.8, 4) is 11.5 Å². The standard InChI is InChI=1S/C17H18N2O/c1-2-6-16-13(4-1)12-14-15(5-3-7-17(14)20-16)19-10-8-18-9-11-19/h1-7,18H,8-12H2. The Kier molecular flexibility index (Phi) is 2.85. The Hall–Kier alpha value is -2.00. The Bertz CT molecular complexity index is 633. The highest BCUT2D eigenvalue weighted by Crippen LogP contribution is 2.40. The Labute approximate surface area is 119 Å². The Morgan fingerprint density at radius 1 is 0.900 bits per heavy atom. The lowest BCUT2D eigenvalue weighted by Crippen LogP contribution is -2.44. The smallest absolute Gasteiger partial charge is 0.133 e. The minimum Gasteiger partial charge on any atom is -0.457 e. The fourth-order valence-electron chi connectivity index (χ4n) is 3.09. The van der Waals surface area contributed by atoms with Gasteiger partial charge in [0.05, 0.1) is 0 Å². The number of piperazine rings is 1. The summed E-state index contributed by atoms with van der Waals surface area (Å²) < 4.78 is 6.07. The van der Waals surface area contributed by atoms with E-state index < -0.39 is 0 Å². The van der Waals surface area contributed by atoms with Gasteiger partial charge in [0.25, 0.3) is 0 Å². The number of fused-ring (bicyclic) bond motifs is 2. The number of benzene rings is 2. The minimum atomic E-state index is 0.964. The summed E-state index contributed by atoms with van der Waals surface area (Å²) in [5.74, 6) is 2.01. The molecule has 0 spiro atoms. The van der Waals surface area contributed by atoms with Crippen LogP contribution in [0.2, 0.25) is 0 Å². The average molecular weight is 266 g/mol. The van der Waals surface area contributed by atoms with Crippen LogP contribution in [0.4, 0.5) is 5.69 Å². The van der Waals surface area contributed by atoms with Crippen molar-refractivity contribution in [1.29, 1.82) is 0 Å². The van der Waals surface area contributed by atoms with Gasteiger partial charge >= 0.3 is 0 Å². The van der Waals surface area contributed by atoms with E-state index in [1.165, 1.54) is 16.8 Å². The van der Waals surface area contributed by atoms with Crippen LogP contribution in [0.15, 0.2) is 42.5 Å². The highest BCUT2D eigenvalue weighted by molar-refractivity contribution is 5.64. The molecule has 0 aromatic heterocycles. The fraction of sp³-hybridized carbons (Fsp3) is 0.294. The molecule has 0 bridgehead atoms. The van der Waals surface area contributed by atoms with Gasteiger partial charge in [-0.3, -0.25) is 0 Å². The Balaban J connectivity index is 1.74. The molecule has 1 saturated heterocycles. The third kappa shape index (κ3) is 1.95. The number of para-hydroxylation sites is 1. The fourth-order valence-corrected chi connectivity index (χ4v) is 3.09. The SMILES string of the molecule is c1ccc2c(c1)Cc1c(cccc1N1CCNCC1)O2. The molecule has 1 N–H and O–H groups in total. The Morgan fingerprint density at radius 2 is 1.70 bits per heavy atom. The van der Waals surface area contributed by atoms with Crippen LogP contribution in [-0.2, 0) is 6.42 Å². The quantitative estimate of drug-likeness (QED) is 0.733. The van der Waals surface area contributed by atoms with Crippen LogP contribution >= 0.6 is 0 Å². The van der Waals surface area contributed by atoms with Crippen molar-refractivity contribution in [3.63, 3.8) is 0 Å². The molecular formula is C17H18N2O. The van der Waals surface area contributed by atoms with E-state index in [0.717, 1.165) is 44.1 Å². The molecule has 4 rings (SSSR count). The van der Waals surface area contributed by atoms with Crippen LogP contribution in [0.5, 0.6) is 11.5 Å². The van der Waals surface area contributed by atoms with Gasteiger partial charge in [-0.1, -0.05) is 24.3 Å². The van der Waals surface area contributed by atoms with E-state index in [4.69, 9.17) is 4.74 Å².